The monoisotopic (exact) mass is 257 g/mol. The molecule has 0 saturated carbocycles. The summed E-state index contributed by atoms with van der Waals surface area (Å²) in [6.07, 6.45) is 1.62. The zero-order chi connectivity index (χ0) is 13.8. The third-order valence-corrected chi connectivity index (χ3v) is 3.59. The molecule has 1 aliphatic rings. The van der Waals surface area contributed by atoms with E-state index in [1.165, 1.54) is 0 Å². The molecular weight excluding hydrogens is 238 g/mol. The lowest BCUT2D eigenvalue weighted by Crippen LogP contribution is -2.29. The SMILES string of the molecule is CC1CN(C(=O)c2ccc(C#CCN)cn2)CC1C. The van der Waals surface area contributed by atoms with Crippen LogP contribution in [0, 0.1) is 23.7 Å². The molecule has 2 N–H and O–H groups in total. The van der Waals surface area contributed by atoms with E-state index in [0.717, 1.165) is 18.7 Å². The van der Waals surface area contributed by atoms with Crippen molar-refractivity contribution in [2.45, 2.75) is 13.8 Å². The van der Waals surface area contributed by atoms with Gasteiger partial charge < -0.3 is 10.6 Å². The molecule has 0 aliphatic carbocycles. The highest BCUT2D eigenvalue weighted by Crippen LogP contribution is 2.23. The number of aromatic nitrogens is 1. The largest absolute Gasteiger partial charge is 0.337 e. The van der Waals surface area contributed by atoms with Crippen LogP contribution in [0.1, 0.15) is 29.9 Å². The Kier molecular flexibility index (Phi) is 4.18. The molecular formula is C15H19N3O. The van der Waals surface area contributed by atoms with Gasteiger partial charge in [0.2, 0.25) is 0 Å². The maximum atomic E-state index is 12.3. The van der Waals surface area contributed by atoms with Crippen LogP contribution in [0.25, 0.3) is 0 Å². The van der Waals surface area contributed by atoms with Crippen molar-refractivity contribution in [3.63, 3.8) is 0 Å². The lowest BCUT2D eigenvalue weighted by Gasteiger charge is -2.15. The van der Waals surface area contributed by atoms with E-state index in [-0.39, 0.29) is 5.91 Å². The topological polar surface area (TPSA) is 59.2 Å². The Bertz CT molecular complexity index is 502. The van der Waals surface area contributed by atoms with Crippen LogP contribution >= 0.6 is 0 Å². The van der Waals surface area contributed by atoms with Gasteiger partial charge in [-0.05, 0) is 24.0 Å². The Morgan fingerprint density at radius 1 is 1.42 bits per heavy atom. The number of nitrogens with two attached hydrogens (primary N) is 1. The van der Waals surface area contributed by atoms with Crippen LogP contribution in [-0.2, 0) is 0 Å². The molecule has 1 aliphatic heterocycles. The second kappa shape index (κ2) is 5.85. The summed E-state index contributed by atoms with van der Waals surface area (Å²) in [5.74, 6) is 6.77. The number of hydrogen-bond donors (Lipinski definition) is 1. The molecule has 0 radical (unpaired) electrons. The molecule has 1 saturated heterocycles. The van der Waals surface area contributed by atoms with Crippen LogP contribution in [0.3, 0.4) is 0 Å². The van der Waals surface area contributed by atoms with Crippen molar-refractivity contribution in [1.82, 2.24) is 9.88 Å². The fourth-order valence-corrected chi connectivity index (χ4v) is 2.20. The lowest BCUT2D eigenvalue weighted by atomic mass is 10.0. The molecule has 1 aromatic heterocycles. The lowest BCUT2D eigenvalue weighted by molar-refractivity contribution is 0.0779. The van der Waals surface area contributed by atoms with E-state index in [4.69, 9.17) is 5.73 Å². The standard InChI is InChI=1S/C15H19N3O/c1-11-9-18(10-12(11)2)15(19)14-6-5-13(8-17-14)4-3-7-16/h5-6,8,11-12H,7,9-10,16H2,1-2H3. The summed E-state index contributed by atoms with van der Waals surface area (Å²) in [4.78, 5) is 18.3. The van der Waals surface area contributed by atoms with E-state index in [9.17, 15) is 4.79 Å². The zero-order valence-corrected chi connectivity index (χ0v) is 11.4. The number of hydrogen-bond acceptors (Lipinski definition) is 3. The van der Waals surface area contributed by atoms with Gasteiger partial charge in [0.15, 0.2) is 0 Å². The Morgan fingerprint density at radius 3 is 2.63 bits per heavy atom. The molecule has 2 heterocycles. The van der Waals surface area contributed by atoms with E-state index in [1.54, 1.807) is 12.3 Å². The van der Waals surface area contributed by atoms with Crippen molar-refractivity contribution < 1.29 is 4.79 Å². The summed E-state index contributed by atoms with van der Waals surface area (Å²) in [5.41, 5.74) is 6.58. The molecule has 1 fully saturated rings. The molecule has 2 unspecified atom stereocenters. The summed E-state index contributed by atoms with van der Waals surface area (Å²) in [6, 6.07) is 3.54. The van der Waals surface area contributed by atoms with E-state index in [2.05, 4.69) is 30.7 Å². The minimum absolute atomic E-state index is 0.00883. The maximum absolute atomic E-state index is 12.3. The number of likely N-dealkylation sites (tertiary alicyclic amines) is 1. The minimum atomic E-state index is 0.00883. The molecule has 19 heavy (non-hydrogen) atoms. The van der Waals surface area contributed by atoms with Crippen molar-refractivity contribution in [3.05, 3.63) is 29.6 Å². The Balaban J connectivity index is 2.08. The fourth-order valence-electron chi connectivity index (χ4n) is 2.20. The van der Waals surface area contributed by atoms with Crippen LogP contribution in [0.2, 0.25) is 0 Å². The second-order valence-corrected chi connectivity index (χ2v) is 5.10. The minimum Gasteiger partial charge on any atom is -0.337 e. The first-order valence-electron chi connectivity index (χ1n) is 6.56. The van der Waals surface area contributed by atoms with Crippen molar-refractivity contribution in [2.75, 3.05) is 19.6 Å². The molecule has 2 rings (SSSR count). The molecule has 100 valence electrons. The van der Waals surface area contributed by atoms with Gasteiger partial charge in [-0.25, -0.2) is 4.98 Å². The third-order valence-electron chi connectivity index (χ3n) is 3.59. The van der Waals surface area contributed by atoms with Crippen LogP contribution in [0.5, 0.6) is 0 Å². The second-order valence-electron chi connectivity index (χ2n) is 5.10. The summed E-state index contributed by atoms with van der Waals surface area (Å²) in [6.45, 7) is 6.31. The Hall–Kier alpha value is -1.86. The van der Waals surface area contributed by atoms with Crippen LogP contribution in [0.15, 0.2) is 18.3 Å². The highest BCUT2D eigenvalue weighted by Gasteiger charge is 2.30. The van der Waals surface area contributed by atoms with Crippen LogP contribution < -0.4 is 5.73 Å². The third kappa shape index (κ3) is 3.12. The number of carbonyl (C=O) groups excluding carboxylic acids is 1. The summed E-state index contributed by atoms with van der Waals surface area (Å²) >= 11 is 0. The molecule has 2 atom stereocenters. The van der Waals surface area contributed by atoms with Gasteiger partial charge in [-0.3, -0.25) is 4.79 Å². The highest BCUT2D eigenvalue weighted by molar-refractivity contribution is 5.92. The zero-order valence-electron chi connectivity index (χ0n) is 11.4. The first-order valence-corrected chi connectivity index (χ1v) is 6.56. The quantitative estimate of drug-likeness (QED) is 0.767. The Morgan fingerprint density at radius 2 is 2.11 bits per heavy atom. The smallest absolute Gasteiger partial charge is 0.272 e. The summed E-state index contributed by atoms with van der Waals surface area (Å²) < 4.78 is 0. The van der Waals surface area contributed by atoms with Gasteiger partial charge in [-0.1, -0.05) is 25.7 Å². The molecule has 0 bridgehead atoms. The van der Waals surface area contributed by atoms with E-state index >= 15 is 0 Å². The predicted octanol–water partition coefficient (Wildman–Crippen LogP) is 1.12. The molecule has 0 aromatic carbocycles. The van der Waals surface area contributed by atoms with E-state index in [0.29, 0.717) is 24.1 Å². The normalized spacial score (nSPS) is 21.9. The number of rotatable bonds is 1. The van der Waals surface area contributed by atoms with Crippen molar-refractivity contribution in [2.24, 2.45) is 17.6 Å². The number of nitrogens with zero attached hydrogens (tertiary/aromatic N) is 2. The molecule has 1 aromatic rings. The molecule has 1 amide bonds. The van der Waals surface area contributed by atoms with Gasteiger partial charge in [-0.2, -0.15) is 0 Å². The highest BCUT2D eigenvalue weighted by atomic mass is 16.2. The van der Waals surface area contributed by atoms with Crippen LogP contribution in [-0.4, -0.2) is 35.4 Å². The van der Waals surface area contributed by atoms with Gasteiger partial charge in [0.1, 0.15) is 5.69 Å². The van der Waals surface area contributed by atoms with Gasteiger partial charge in [-0.15, -0.1) is 0 Å². The van der Waals surface area contributed by atoms with Crippen molar-refractivity contribution >= 4 is 5.91 Å². The fraction of sp³-hybridized carbons (Fsp3) is 0.467. The van der Waals surface area contributed by atoms with Gasteiger partial charge in [0.25, 0.3) is 5.91 Å². The average molecular weight is 257 g/mol. The molecule has 4 nitrogen and oxygen atoms in total. The van der Waals surface area contributed by atoms with Gasteiger partial charge in [0, 0.05) is 24.8 Å². The molecule has 4 heteroatoms. The summed E-state index contributed by atoms with van der Waals surface area (Å²) in [7, 11) is 0. The predicted molar refractivity (Wildman–Crippen MR) is 74.4 cm³/mol. The molecule has 0 spiro atoms. The number of pyridine rings is 1. The van der Waals surface area contributed by atoms with Gasteiger partial charge in [0.05, 0.1) is 6.54 Å². The van der Waals surface area contributed by atoms with E-state index < -0.39 is 0 Å². The van der Waals surface area contributed by atoms with E-state index in [1.807, 2.05) is 11.0 Å². The Labute approximate surface area is 114 Å². The maximum Gasteiger partial charge on any atom is 0.272 e. The first-order chi connectivity index (χ1) is 9.11. The van der Waals surface area contributed by atoms with Crippen molar-refractivity contribution in [3.8, 4) is 11.8 Å². The summed E-state index contributed by atoms with van der Waals surface area (Å²) in [5, 5.41) is 0. The number of amides is 1. The number of carbonyl (C=O) groups is 1. The average Bonchev–Trinajstić information content (AvgIpc) is 2.76. The van der Waals surface area contributed by atoms with Gasteiger partial charge >= 0.3 is 0 Å². The van der Waals surface area contributed by atoms with Crippen molar-refractivity contribution in [1.29, 1.82) is 0 Å². The van der Waals surface area contributed by atoms with Crippen LogP contribution in [0.4, 0.5) is 0 Å². The first kappa shape index (κ1) is 13.6.